The maximum absolute atomic E-state index is 8.45. The summed E-state index contributed by atoms with van der Waals surface area (Å²) in [5, 5.41) is 10.9. The molecule has 15 heavy (non-hydrogen) atoms. The Hall–Kier alpha value is -2.06. The number of hydrogen-bond acceptors (Lipinski definition) is 5. The number of nitriles is 1. The molecule has 0 saturated heterocycles. The molecule has 0 saturated carbocycles. The van der Waals surface area contributed by atoms with Gasteiger partial charge in [0.1, 0.15) is 18.0 Å². The average Bonchev–Trinajstić information content (AvgIpc) is 2.28. The van der Waals surface area contributed by atoms with Crippen LogP contribution in [0.2, 0.25) is 0 Å². The lowest BCUT2D eigenvalue weighted by Crippen LogP contribution is -2.27. The van der Waals surface area contributed by atoms with Crippen molar-refractivity contribution in [3.8, 4) is 11.9 Å². The van der Waals surface area contributed by atoms with Crippen molar-refractivity contribution in [3.05, 3.63) is 23.8 Å². The normalized spacial score (nSPS) is 13.2. The summed E-state index contributed by atoms with van der Waals surface area (Å²) in [6.07, 6.45) is 1.81. The first kappa shape index (κ1) is 9.49. The van der Waals surface area contributed by atoms with E-state index in [1.807, 2.05) is 24.4 Å². The van der Waals surface area contributed by atoms with Gasteiger partial charge >= 0.3 is 0 Å². The lowest BCUT2D eigenvalue weighted by atomic mass is 10.2. The van der Waals surface area contributed by atoms with Crippen molar-refractivity contribution in [2.45, 2.75) is 6.54 Å². The van der Waals surface area contributed by atoms with E-state index >= 15 is 0 Å². The third-order valence-corrected chi connectivity index (χ3v) is 2.08. The van der Waals surface area contributed by atoms with Crippen LogP contribution >= 0.6 is 0 Å². The number of fused-ring (bicyclic) bond motifs is 1. The molecule has 2 rings (SSSR count). The topological polar surface area (TPSA) is 83.4 Å². The van der Waals surface area contributed by atoms with E-state index in [1.54, 1.807) is 0 Å². The van der Waals surface area contributed by atoms with E-state index < -0.39 is 0 Å². The quantitative estimate of drug-likeness (QED) is 0.517. The molecule has 0 radical (unpaired) electrons. The van der Waals surface area contributed by atoms with Crippen LogP contribution in [0.3, 0.4) is 0 Å². The van der Waals surface area contributed by atoms with Gasteiger partial charge in [-0.2, -0.15) is 5.26 Å². The molecule has 1 aliphatic heterocycles. The number of nitrogens with two attached hydrogens (primary N) is 1. The molecule has 76 valence electrons. The zero-order chi connectivity index (χ0) is 10.7. The lowest BCUT2D eigenvalue weighted by molar-refractivity contribution is 0.369. The highest BCUT2D eigenvalue weighted by molar-refractivity contribution is 5.89. The fourth-order valence-electron chi connectivity index (χ4n) is 1.35. The Labute approximate surface area is 87.2 Å². The van der Waals surface area contributed by atoms with Gasteiger partial charge in [0, 0.05) is 6.54 Å². The third kappa shape index (κ3) is 1.90. The van der Waals surface area contributed by atoms with Crippen LogP contribution in [0, 0.1) is 11.5 Å². The predicted octanol–water partition coefficient (Wildman–Crippen LogP) is 0.638. The summed E-state index contributed by atoms with van der Waals surface area (Å²) in [6.45, 7) is 0.756. The molecule has 1 aromatic rings. The maximum Gasteiger partial charge on any atom is 0.182 e. The van der Waals surface area contributed by atoms with Crippen molar-refractivity contribution < 1.29 is 4.74 Å². The molecule has 5 heteroatoms. The Morgan fingerprint density at radius 3 is 3.20 bits per heavy atom. The molecule has 5 nitrogen and oxygen atoms in total. The van der Waals surface area contributed by atoms with Crippen molar-refractivity contribution in [1.82, 2.24) is 5.32 Å². The molecule has 0 fully saturated rings. The second kappa shape index (κ2) is 3.98. The van der Waals surface area contributed by atoms with Gasteiger partial charge in [0.15, 0.2) is 12.0 Å². The summed E-state index contributed by atoms with van der Waals surface area (Å²) in [5.41, 5.74) is 7.21. The molecular formula is C10H10N4O. The van der Waals surface area contributed by atoms with Gasteiger partial charge in [0.25, 0.3) is 0 Å². The molecule has 0 aromatic heterocycles. The summed E-state index contributed by atoms with van der Waals surface area (Å²) in [7, 11) is 0. The first-order valence-electron chi connectivity index (χ1n) is 4.52. The summed E-state index contributed by atoms with van der Waals surface area (Å²) < 4.78 is 5.40. The second-order valence-corrected chi connectivity index (χ2v) is 3.09. The van der Waals surface area contributed by atoms with Crippen LogP contribution in [0.4, 0.5) is 5.69 Å². The smallest absolute Gasteiger partial charge is 0.182 e. The molecule has 3 N–H and O–H groups in total. The minimum atomic E-state index is 0.294. The van der Waals surface area contributed by atoms with E-state index in [9.17, 15) is 0 Å². The van der Waals surface area contributed by atoms with E-state index in [0.717, 1.165) is 11.3 Å². The average molecular weight is 202 g/mol. The fourth-order valence-corrected chi connectivity index (χ4v) is 1.35. The van der Waals surface area contributed by atoms with E-state index in [-0.39, 0.29) is 0 Å². The molecule has 0 bridgehead atoms. The molecule has 0 unspecified atom stereocenters. The highest BCUT2D eigenvalue weighted by Crippen LogP contribution is 2.30. The van der Waals surface area contributed by atoms with Gasteiger partial charge in [-0.05, 0) is 17.7 Å². The first-order chi connectivity index (χ1) is 7.33. The van der Waals surface area contributed by atoms with Gasteiger partial charge in [0.2, 0.25) is 0 Å². The number of hydrogen-bond donors (Lipinski definition) is 2. The Bertz CT molecular complexity index is 447. The summed E-state index contributed by atoms with van der Waals surface area (Å²) in [6, 6.07) is 5.59. The predicted molar refractivity (Wildman–Crippen MR) is 55.7 cm³/mol. The van der Waals surface area contributed by atoms with Crippen LogP contribution in [-0.2, 0) is 6.54 Å². The minimum Gasteiger partial charge on any atom is -0.483 e. The zero-order valence-corrected chi connectivity index (χ0v) is 8.03. The summed E-state index contributed by atoms with van der Waals surface area (Å²) in [5.74, 6) is 1.23. The Morgan fingerprint density at radius 1 is 1.60 bits per heavy atom. The van der Waals surface area contributed by atoms with Crippen molar-refractivity contribution in [1.29, 1.82) is 5.26 Å². The molecule has 0 aliphatic carbocycles. The SMILES string of the molecule is N#CNC1=Nc2cc(CN)ccc2OC1. The minimum absolute atomic E-state index is 0.294. The molecular weight excluding hydrogens is 192 g/mol. The van der Waals surface area contributed by atoms with Crippen LogP contribution in [-0.4, -0.2) is 12.4 Å². The van der Waals surface area contributed by atoms with Crippen molar-refractivity contribution in [2.24, 2.45) is 10.7 Å². The van der Waals surface area contributed by atoms with Crippen molar-refractivity contribution in [2.75, 3.05) is 6.61 Å². The summed E-state index contributed by atoms with van der Waals surface area (Å²) >= 11 is 0. The number of nitrogens with zero attached hydrogens (tertiary/aromatic N) is 2. The van der Waals surface area contributed by atoms with Gasteiger partial charge in [-0.1, -0.05) is 6.07 Å². The highest BCUT2D eigenvalue weighted by Gasteiger charge is 2.12. The molecule has 0 amide bonds. The molecule has 1 aromatic carbocycles. The van der Waals surface area contributed by atoms with Crippen LogP contribution in [0.5, 0.6) is 5.75 Å². The highest BCUT2D eigenvalue weighted by atomic mass is 16.5. The van der Waals surface area contributed by atoms with Gasteiger partial charge in [-0.15, -0.1) is 0 Å². The number of benzene rings is 1. The number of ether oxygens (including phenoxy) is 1. The third-order valence-electron chi connectivity index (χ3n) is 2.08. The van der Waals surface area contributed by atoms with Crippen LogP contribution in [0.1, 0.15) is 5.56 Å². The van der Waals surface area contributed by atoms with Gasteiger partial charge in [0.05, 0.1) is 0 Å². The first-order valence-corrected chi connectivity index (χ1v) is 4.52. The molecule has 0 atom stereocenters. The molecule has 0 spiro atoms. The van der Waals surface area contributed by atoms with Gasteiger partial charge < -0.3 is 10.5 Å². The van der Waals surface area contributed by atoms with E-state index in [1.165, 1.54) is 0 Å². The van der Waals surface area contributed by atoms with Crippen molar-refractivity contribution >= 4 is 11.5 Å². The van der Waals surface area contributed by atoms with E-state index in [0.29, 0.717) is 24.7 Å². The lowest BCUT2D eigenvalue weighted by Gasteiger charge is -2.16. The largest absolute Gasteiger partial charge is 0.483 e. The second-order valence-electron chi connectivity index (χ2n) is 3.09. The van der Waals surface area contributed by atoms with E-state index in [2.05, 4.69) is 10.3 Å². The summed E-state index contributed by atoms with van der Waals surface area (Å²) in [4.78, 5) is 4.25. The van der Waals surface area contributed by atoms with Crippen LogP contribution < -0.4 is 15.8 Å². The fraction of sp³-hybridized carbons (Fsp3) is 0.200. The van der Waals surface area contributed by atoms with Crippen LogP contribution in [0.25, 0.3) is 0 Å². The number of nitrogens with one attached hydrogen (secondary N) is 1. The number of amidine groups is 1. The maximum atomic E-state index is 8.45. The van der Waals surface area contributed by atoms with E-state index in [4.69, 9.17) is 15.7 Å². The standard InChI is InChI=1S/C10H10N4O/c11-4-7-1-2-9-8(3-7)14-10(5-15-9)13-6-12/h1-3H,4-5,11H2,(H,13,14). The van der Waals surface area contributed by atoms with Crippen molar-refractivity contribution in [3.63, 3.8) is 0 Å². The van der Waals surface area contributed by atoms with Crippen LogP contribution in [0.15, 0.2) is 23.2 Å². The monoisotopic (exact) mass is 202 g/mol. The number of rotatable bonds is 1. The molecule has 1 aliphatic rings. The molecule has 1 heterocycles. The Balaban J connectivity index is 2.35. The zero-order valence-electron chi connectivity index (χ0n) is 8.03. The van der Waals surface area contributed by atoms with Gasteiger partial charge in [-0.3, -0.25) is 5.32 Å². The van der Waals surface area contributed by atoms with Gasteiger partial charge in [-0.25, -0.2) is 4.99 Å². The number of aliphatic imine (C=N–C) groups is 1. The Kier molecular flexibility index (Phi) is 2.52. The Morgan fingerprint density at radius 2 is 2.47 bits per heavy atom.